The molecule has 0 spiro atoms. The van der Waals surface area contributed by atoms with E-state index in [1.54, 1.807) is 6.07 Å². The van der Waals surface area contributed by atoms with Crippen LogP contribution in [0, 0.1) is 11.6 Å². The van der Waals surface area contributed by atoms with Gasteiger partial charge in [-0.05, 0) is 64.9 Å². The fourth-order valence-corrected chi connectivity index (χ4v) is 4.71. The number of nitrogens with two attached hydrogens (primary N) is 1. The van der Waals surface area contributed by atoms with Crippen LogP contribution in [0.2, 0.25) is 0 Å². The number of methoxy groups -OCH3 is 1. The van der Waals surface area contributed by atoms with E-state index in [4.69, 9.17) is 10.5 Å². The van der Waals surface area contributed by atoms with E-state index >= 15 is 0 Å². The van der Waals surface area contributed by atoms with Crippen LogP contribution in [0.5, 0.6) is 0 Å². The van der Waals surface area contributed by atoms with Gasteiger partial charge in [0.1, 0.15) is 11.6 Å². The highest BCUT2D eigenvalue weighted by Crippen LogP contribution is 2.26. The summed E-state index contributed by atoms with van der Waals surface area (Å²) < 4.78 is 32.3. The summed E-state index contributed by atoms with van der Waals surface area (Å²) in [5, 5.41) is 3.49. The van der Waals surface area contributed by atoms with Gasteiger partial charge in [-0.3, -0.25) is 9.69 Å². The minimum Gasteiger partial charge on any atom is -0.367 e. The minimum atomic E-state index is -0.745. The molecule has 0 aromatic heterocycles. The van der Waals surface area contributed by atoms with Crippen molar-refractivity contribution in [2.45, 2.75) is 38.1 Å². The Balaban J connectivity index is 1.36. The zero-order chi connectivity index (χ0) is 24.8. The van der Waals surface area contributed by atoms with Crippen LogP contribution in [-0.2, 0) is 35.5 Å². The summed E-state index contributed by atoms with van der Waals surface area (Å²) in [5.74, 6) is -0.969. The Morgan fingerprint density at radius 1 is 1.03 bits per heavy atom. The first kappa shape index (κ1) is 25.0. The molecule has 35 heavy (non-hydrogen) atoms. The van der Waals surface area contributed by atoms with Crippen LogP contribution >= 0.6 is 0 Å². The number of hydrogen-bond donors (Lipinski definition) is 2. The summed E-state index contributed by atoms with van der Waals surface area (Å²) in [7, 11) is 1.46. The molecule has 3 aromatic rings. The molecular weight excluding hydrogens is 448 g/mol. The number of primary amides is 1. The number of carbonyl (C=O) groups excluding carboxylic acids is 1. The maximum atomic E-state index is 13.8. The van der Waals surface area contributed by atoms with E-state index in [0.717, 1.165) is 60.3 Å². The number of rotatable bonds is 10. The SMILES string of the molecule is COC(C(N)=O)c1ccc(CNCCN2Cc3ccc(F)cc3CC2Cc2ccc(F)cc2)cc1. The van der Waals surface area contributed by atoms with E-state index < -0.39 is 12.0 Å². The second kappa shape index (κ2) is 11.5. The molecular formula is C28H31F2N3O2. The minimum absolute atomic E-state index is 0.204. The molecule has 3 aromatic carbocycles. The van der Waals surface area contributed by atoms with Gasteiger partial charge in [-0.1, -0.05) is 42.5 Å². The number of amides is 1. The van der Waals surface area contributed by atoms with Gasteiger partial charge in [-0.2, -0.15) is 0 Å². The summed E-state index contributed by atoms with van der Waals surface area (Å²) in [6.07, 6.45) is 0.788. The molecule has 0 radical (unpaired) electrons. The lowest BCUT2D eigenvalue weighted by Crippen LogP contribution is -2.44. The third-order valence-corrected chi connectivity index (χ3v) is 6.58. The van der Waals surface area contributed by atoms with Gasteiger partial charge in [0, 0.05) is 39.3 Å². The van der Waals surface area contributed by atoms with Crippen LogP contribution in [0.4, 0.5) is 8.78 Å². The number of ether oxygens (including phenoxy) is 1. The van der Waals surface area contributed by atoms with Gasteiger partial charge in [-0.25, -0.2) is 8.78 Å². The molecule has 1 aliphatic rings. The monoisotopic (exact) mass is 479 g/mol. The van der Waals surface area contributed by atoms with Crippen molar-refractivity contribution in [2.24, 2.45) is 5.73 Å². The molecule has 1 heterocycles. The Labute approximate surface area is 204 Å². The topological polar surface area (TPSA) is 67.6 Å². The van der Waals surface area contributed by atoms with E-state index in [9.17, 15) is 13.6 Å². The van der Waals surface area contributed by atoms with Crippen molar-refractivity contribution in [1.29, 1.82) is 0 Å². The highest BCUT2D eigenvalue weighted by Gasteiger charge is 2.26. The molecule has 5 nitrogen and oxygen atoms in total. The molecule has 0 bridgehead atoms. The average Bonchev–Trinajstić information content (AvgIpc) is 2.84. The average molecular weight is 480 g/mol. The molecule has 2 unspecified atom stereocenters. The third-order valence-electron chi connectivity index (χ3n) is 6.58. The Kier molecular flexibility index (Phi) is 8.23. The first-order valence-electron chi connectivity index (χ1n) is 11.8. The summed E-state index contributed by atoms with van der Waals surface area (Å²) in [6.45, 7) is 3.05. The van der Waals surface area contributed by atoms with E-state index in [-0.39, 0.29) is 17.7 Å². The zero-order valence-electron chi connectivity index (χ0n) is 19.8. The summed E-state index contributed by atoms with van der Waals surface area (Å²) in [4.78, 5) is 13.9. The van der Waals surface area contributed by atoms with E-state index in [1.807, 2.05) is 42.5 Å². The van der Waals surface area contributed by atoms with Gasteiger partial charge in [-0.15, -0.1) is 0 Å². The van der Waals surface area contributed by atoms with Crippen LogP contribution in [0.3, 0.4) is 0 Å². The predicted molar refractivity (Wildman–Crippen MR) is 131 cm³/mol. The number of benzene rings is 3. The first-order valence-corrected chi connectivity index (χ1v) is 11.8. The Bertz CT molecular complexity index is 1140. The molecule has 0 aliphatic carbocycles. The molecule has 184 valence electrons. The second-order valence-corrected chi connectivity index (χ2v) is 9.01. The third kappa shape index (κ3) is 6.51. The van der Waals surface area contributed by atoms with Crippen molar-refractivity contribution in [3.63, 3.8) is 0 Å². The largest absolute Gasteiger partial charge is 0.367 e. The lowest BCUT2D eigenvalue weighted by atomic mass is 9.90. The molecule has 0 fully saturated rings. The highest BCUT2D eigenvalue weighted by molar-refractivity contribution is 5.80. The molecule has 0 saturated carbocycles. The normalized spacial score (nSPS) is 16.6. The predicted octanol–water partition coefficient (Wildman–Crippen LogP) is 3.90. The van der Waals surface area contributed by atoms with Crippen molar-refractivity contribution in [1.82, 2.24) is 10.2 Å². The van der Waals surface area contributed by atoms with Crippen molar-refractivity contribution in [3.8, 4) is 0 Å². The quantitative estimate of drug-likeness (QED) is 0.433. The van der Waals surface area contributed by atoms with E-state index in [0.29, 0.717) is 6.54 Å². The standard InChI is InChI=1S/C28H31F2N3O2/c1-35-27(28(31)34)21-6-2-20(3-7-21)17-32-12-13-33-18-22-8-11-25(30)15-23(22)16-26(33)14-19-4-9-24(29)10-5-19/h2-11,15,26-27,32H,12-14,16-18H2,1H3,(H2,31,34). The Morgan fingerprint density at radius 3 is 2.40 bits per heavy atom. The molecule has 3 N–H and O–H groups in total. The number of carbonyl (C=O) groups is 1. The fraction of sp³-hybridized carbons (Fsp3) is 0.321. The number of hydrogen-bond acceptors (Lipinski definition) is 4. The molecule has 7 heteroatoms. The second-order valence-electron chi connectivity index (χ2n) is 9.01. The molecule has 2 atom stereocenters. The maximum Gasteiger partial charge on any atom is 0.251 e. The van der Waals surface area contributed by atoms with Crippen molar-refractivity contribution < 1.29 is 18.3 Å². The Hall–Kier alpha value is -3.13. The van der Waals surface area contributed by atoms with Crippen LogP contribution in [0.1, 0.15) is 33.9 Å². The first-order chi connectivity index (χ1) is 16.9. The molecule has 4 rings (SSSR count). The number of nitrogens with one attached hydrogen (secondary N) is 1. The van der Waals surface area contributed by atoms with Gasteiger partial charge in [0.2, 0.25) is 0 Å². The summed E-state index contributed by atoms with van der Waals surface area (Å²) in [5.41, 5.74) is 10.5. The van der Waals surface area contributed by atoms with Gasteiger partial charge in [0.25, 0.3) is 5.91 Å². The van der Waals surface area contributed by atoms with Crippen LogP contribution < -0.4 is 11.1 Å². The van der Waals surface area contributed by atoms with Gasteiger partial charge in [0.05, 0.1) is 0 Å². The van der Waals surface area contributed by atoms with Gasteiger partial charge in [0.15, 0.2) is 6.10 Å². The van der Waals surface area contributed by atoms with Crippen LogP contribution in [0.15, 0.2) is 66.7 Å². The Morgan fingerprint density at radius 2 is 1.71 bits per heavy atom. The van der Waals surface area contributed by atoms with E-state index in [1.165, 1.54) is 25.3 Å². The van der Waals surface area contributed by atoms with Gasteiger partial charge < -0.3 is 15.8 Å². The van der Waals surface area contributed by atoms with Crippen molar-refractivity contribution in [2.75, 3.05) is 20.2 Å². The highest BCUT2D eigenvalue weighted by atomic mass is 19.1. The van der Waals surface area contributed by atoms with Gasteiger partial charge >= 0.3 is 0 Å². The van der Waals surface area contributed by atoms with Crippen molar-refractivity contribution in [3.05, 3.63) is 106 Å². The fourth-order valence-electron chi connectivity index (χ4n) is 4.71. The van der Waals surface area contributed by atoms with Crippen LogP contribution in [0.25, 0.3) is 0 Å². The molecule has 1 amide bonds. The van der Waals surface area contributed by atoms with Crippen molar-refractivity contribution >= 4 is 5.91 Å². The summed E-state index contributed by atoms with van der Waals surface area (Å²) in [6, 6.07) is 19.5. The zero-order valence-corrected chi connectivity index (χ0v) is 19.8. The molecule has 1 aliphatic heterocycles. The summed E-state index contributed by atoms with van der Waals surface area (Å²) >= 11 is 0. The number of fused-ring (bicyclic) bond motifs is 1. The number of halogens is 2. The smallest absolute Gasteiger partial charge is 0.251 e. The van der Waals surface area contributed by atoms with Crippen LogP contribution in [-0.4, -0.2) is 37.0 Å². The molecule has 0 saturated heterocycles. The maximum absolute atomic E-state index is 13.8. The number of nitrogens with zero attached hydrogens (tertiary/aromatic N) is 1. The lowest BCUT2D eigenvalue weighted by molar-refractivity contribution is -0.128. The van der Waals surface area contributed by atoms with E-state index in [2.05, 4.69) is 10.2 Å². The lowest BCUT2D eigenvalue weighted by Gasteiger charge is -2.37.